The minimum Gasteiger partial charge on any atom is -0.309 e. The number of hydrogen-bond acceptors (Lipinski definition) is 1. The Balaban J connectivity index is 0.973. The van der Waals surface area contributed by atoms with Crippen LogP contribution in [0.5, 0.6) is 0 Å². The highest BCUT2D eigenvalue weighted by Gasteiger charge is 2.47. The largest absolute Gasteiger partial charge is 0.309 e. The highest BCUT2D eigenvalue weighted by Crippen LogP contribution is 2.59. The molecule has 0 saturated heterocycles. The molecule has 0 aromatic heterocycles. The Labute approximate surface area is 387 Å². The zero-order chi connectivity index (χ0) is 43.9. The number of nitrogens with zero attached hydrogens (tertiary/aromatic N) is 1. The lowest BCUT2D eigenvalue weighted by Gasteiger charge is -2.34. The molecule has 0 heterocycles. The topological polar surface area (TPSA) is 3.24 Å². The minimum absolute atomic E-state index is 0.511. The van der Waals surface area contributed by atoms with E-state index >= 15 is 0 Å². The lowest BCUT2D eigenvalue weighted by atomic mass is 9.68. The van der Waals surface area contributed by atoms with Gasteiger partial charge in [0.1, 0.15) is 0 Å². The summed E-state index contributed by atoms with van der Waals surface area (Å²) < 4.78 is 0. The lowest BCUT2D eigenvalue weighted by Crippen LogP contribution is -2.28. The van der Waals surface area contributed by atoms with Gasteiger partial charge >= 0.3 is 0 Å². The van der Waals surface area contributed by atoms with Crippen molar-refractivity contribution in [3.05, 3.63) is 295 Å². The fraction of sp³-hybridized carbons (Fsp3) is 0.0154. The van der Waals surface area contributed by atoms with Gasteiger partial charge in [0.05, 0.1) is 16.8 Å². The first-order valence-corrected chi connectivity index (χ1v) is 22.8. The molecule has 0 amide bonds. The highest BCUT2D eigenvalue weighted by atomic mass is 15.1. The number of anilines is 3. The average Bonchev–Trinajstić information content (AvgIpc) is 3.71. The van der Waals surface area contributed by atoms with Crippen LogP contribution in [-0.2, 0) is 5.41 Å². The maximum atomic E-state index is 2.49. The molecule has 11 aromatic rings. The van der Waals surface area contributed by atoms with Crippen molar-refractivity contribution < 1.29 is 0 Å². The van der Waals surface area contributed by atoms with Gasteiger partial charge in [0, 0.05) is 16.8 Å². The lowest BCUT2D eigenvalue weighted by molar-refractivity contribution is 0.768. The third-order valence-corrected chi connectivity index (χ3v) is 13.6. The third kappa shape index (κ3) is 6.64. The van der Waals surface area contributed by atoms with Crippen LogP contribution in [0.25, 0.3) is 66.4 Å². The van der Waals surface area contributed by atoms with Gasteiger partial charge in [-0.25, -0.2) is 0 Å². The van der Waals surface area contributed by atoms with Crippen molar-refractivity contribution in [3.63, 3.8) is 0 Å². The molecular formula is C65H45N. The Morgan fingerprint density at radius 3 is 1.41 bits per heavy atom. The van der Waals surface area contributed by atoms with Crippen LogP contribution in [0, 0.1) is 0 Å². The number of rotatable bonds is 9. The number of fused-ring (bicyclic) bond motifs is 4. The molecule has 0 saturated carbocycles. The second kappa shape index (κ2) is 16.6. The molecule has 0 atom stereocenters. The second-order valence-electron chi connectivity index (χ2n) is 17.2. The molecule has 0 aliphatic heterocycles. The molecule has 0 radical (unpaired) electrons. The zero-order valence-electron chi connectivity index (χ0n) is 36.4. The predicted molar refractivity (Wildman–Crippen MR) is 278 cm³/mol. The molecule has 0 N–H and O–H groups in total. The van der Waals surface area contributed by atoms with Crippen LogP contribution in [-0.4, -0.2) is 0 Å². The van der Waals surface area contributed by atoms with E-state index in [9.17, 15) is 0 Å². The molecular weight excluding hydrogens is 795 g/mol. The molecule has 1 aliphatic carbocycles. The van der Waals surface area contributed by atoms with E-state index in [-0.39, 0.29) is 0 Å². The Kier molecular flexibility index (Phi) is 9.81. The summed E-state index contributed by atoms with van der Waals surface area (Å²) in [5.74, 6) is 0. The van der Waals surface area contributed by atoms with Crippen molar-refractivity contribution >= 4 is 27.8 Å². The first kappa shape index (κ1) is 39.1. The van der Waals surface area contributed by atoms with Crippen molar-refractivity contribution in [1.82, 2.24) is 0 Å². The second-order valence-corrected chi connectivity index (χ2v) is 17.2. The Hall–Kier alpha value is -8.52. The quantitative estimate of drug-likeness (QED) is 0.140. The summed E-state index contributed by atoms with van der Waals surface area (Å²) in [5, 5.41) is 2.51. The Morgan fingerprint density at radius 1 is 0.258 bits per heavy atom. The van der Waals surface area contributed by atoms with Gasteiger partial charge in [-0.1, -0.05) is 237 Å². The summed E-state index contributed by atoms with van der Waals surface area (Å²) in [6, 6.07) is 100.0. The van der Waals surface area contributed by atoms with Crippen LogP contribution in [0.4, 0.5) is 17.1 Å². The SMILES string of the molecule is c1ccc(-c2ccccc2N(c2ccc(-c3ccc(-c4cccc(-c5ccc6ccccc6c5)c4)cc3)cc2)c2cccc3c2-c2ccccc2C3(c2ccccc2)c2ccccc2)cc1. The van der Waals surface area contributed by atoms with Crippen LogP contribution < -0.4 is 4.90 Å². The van der Waals surface area contributed by atoms with Crippen molar-refractivity contribution in [2.24, 2.45) is 0 Å². The van der Waals surface area contributed by atoms with Gasteiger partial charge in [-0.05, 0) is 114 Å². The smallest absolute Gasteiger partial charge is 0.0714 e. The summed E-state index contributed by atoms with van der Waals surface area (Å²) in [4.78, 5) is 2.49. The minimum atomic E-state index is -0.511. The number of benzene rings is 11. The summed E-state index contributed by atoms with van der Waals surface area (Å²) in [6.45, 7) is 0. The molecule has 11 aromatic carbocycles. The van der Waals surface area contributed by atoms with E-state index < -0.39 is 5.41 Å². The molecule has 0 bridgehead atoms. The highest BCUT2D eigenvalue weighted by molar-refractivity contribution is 5.99. The van der Waals surface area contributed by atoms with Gasteiger partial charge in [0.25, 0.3) is 0 Å². The van der Waals surface area contributed by atoms with E-state index in [1.54, 1.807) is 0 Å². The van der Waals surface area contributed by atoms with Crippen molar-refractivity contribution in [3.8, 4) is 55.6 Å². The van der Waals surface area contributed by atoms with Crippen molar-refractivity contribution in [2.75, 3.05) is 4.90 Å². The summed E-state index contributed by atoms with van der Waals surface area (Å²) >= 11 is 0. The van der Waals surface area contributed by atoms with Gasteiger partial charge < -0.3 is 4.90 Å². The van der Waals surface area contributed by atoms with Crippen LogP contribution in [0.3, 0.4) is 0 Å². The normalized spacial score (nSPS) is 12.4. The van der Waals surface area contributed by atoms with Crippen LogP contribution in [0.15, 0.2) is 273 Å². The van der Waals surface area contributed by atoms with E-state index in [4.69, 9.17) is 0 Å². The van der Waals surface area contributed by atoms with E-state index in [0.29, 0.717) is 0 Å². The molecule has 310 valence electrons. The molecule has 66 heavy (non-hydrogen) atoms. The standard InChI is InChI=1S/C65H45N/c1-4-19-50(20-5-1)58-28-13-15-32-62(58)66(63-33-17-31-61-64(63)59-29-12-14-30-60(59)65(61,55-24-6-2-7-25-55)56-26-8-3-9-27-56)57-42-40-48(41-43-57)47-34-36-49(37-35-47)52-22-16-23-53(44-52)54-39-38-46-18-10-11-21-51(46)45-54/h1-45H. The van der Waals surface area contributed by atoms with Gasteiger partial charge in [0.2, 0.25) is 0 Å². The Morgan fingerprint density at radius 2 is 0.712 bits per heavy atom. The molecule has 0 spiro atoms. The zero-order valence-corrected chi connectivity index (χ0v) is 36.4. The molecule has 1 nitrogen and oxygen atoms in total. The molecule has 12 rings (SSSR count). The van der Waals surface area contributed by atoms with Gasteiger partial charge in [-0.3, -0.25) is 0 Å². The number of para-hydroxylation sites is 1. The summed E-state index contributed by atoms with van der Waals surface area (Å²) in [6.07, 6.45) is 0. The van der Waals surface area contributed by atoms with Crippen molar-refractivity contribution in [1.29, 1.82) is 0 Å². The maximum absolute atomic E-state index is 2.49. The first-order valence-electron chi connectivity index (χ1n) is 22.8. The number of hydrogen-bond donors (Lipinski definition) is 0. The maximum Gasteiger partial charge on any atom is 0.0714 e. The van der Waals surface area contributed by atoms with Crippen molar-refractivity contribution in [2.45, 2.75) is 5.41 Å². The molecule has 0 unspecified atom stereocenters. The third-order valence-electron chi connectivity index (χ3n) is 13.6. The predicted octanol–water partition coefficient (Wildman–Crippen LogP) is 17.3. The summed E-state index contributed by atoms with van der Waals surface area (Å²) in [7, 11) is 0. The van der Waals surface area contributed by atoms with E-state index in [1.807, 2.05) is 0 Å². The molecule has 1 aliphatic rings. The van der Waals surface area contributed by atoms with Gasteiger partial charge in [-0.2, -0.15) is 0 Å². The van der Waals surface area contributed by atoms with Crippen LogP contribution in [0.1, 0.15) is 22.3 Å². The molecule has 0 fully saturated rings. The first-order chi connectivity index (χ1) is 32.7. The fourth-order valence-electron chi connectivity index (χ4n) is 10.5. The van der Waals surface area contributed by atoms with Gasteiger partial charge in [-0.15, -0.1) is 0 Å². The van der Waals surface area contributed by atoms with Gasteiger partial charge in [0.15, 0.2) is 0 Å². The monoisotopic (exact) mass is 839 g/mol. The molecule has 1 heteroatoms. The Bertz CT molecular complexity index is 3460. The average molecular weight is 840 g/mol. The summed E-state index contributed by atoms with van der Waals surface area (Å²) in [5.41, 5.74) is 19.9. The fourth-order valence-corrected chi connectivity index (χ4v) is 10.5. The van der Waals surface area contributed by atoms with E-state index in [0.717, 1.165) is 17.1 Å². The van der Waals surface area contributed by atoms with E-state index in [2.05, 4.69) is 278 Å². The van der Waals surface area contributed by atoms with Crippen LogP contribution >= 0.6 is 0 Å². The van der Waals surface area contributed by atoms with E-state index in [1.165, 1.54) is 88.7 Å². The van der Waals surface area contributed by atoms with Crippen LogP contribution in [0.2, 0.25) is 0 Å².